The lowest BCUT2D eigenvalue weighted by Gasteiger charge is -2.21. The standard InChI is InChI=1S/C26H17I2N5O6/c27-13-4-8-15(9-5-13)32-23(36)19(21(34)30-25(32)38)18(17-3-1-2-12-29-17)20-22(35)31-26(39)33(24(20)37)16-10-6-14(28)7-11-16/h1-12,18,36-37H,(H,30,34,38)(H,31,35,39). The Hall–Kier alpha value is -3.99. The molecule has 4 N–H and O–H groups in total. The highest BCUT2D eigenvalue weighted by Crippen LogP contribution is 2.36. The van der Waals surface area contributed by atoms with Gasteiger partial charge in [-0.15, -0.1) is 0 Å². The van der Waals surface area contributed by atoms with Crippen molar-refractivity contribution in [3.05, 3.63) is 139 Å². The zero-order valence-corrected chi connectivity index (χ0v) is 23.9. The maximum atomic E-state index is 13.2. The van der Waals surface area contributed by atoms with Crippen LogP contribution < -0.4 is 22.5 Å². The first-order chi connectivity index (χ1) is 18.7. The summed E-state index contributed by atoms with van der Waals surface area (Å²) in [6.45, 7) is 0. The van der Waals surface area contributed by atoms with Gasteiger partial charge in [0.1, 0.15) is 0 Å². The van der Waals surface area contributed by atoms with Gasteiger partial charge in [0.25, 0.3) is 11.1 Å². The second-order valence-corrected chi connectivity index (χ2v) is 10.8. The molecule has 5 aromatic rings. The van der Waals surface area contributed by atoms with Gasteiger partial charge in [0.2, 0.25) is 11.8 Å². The number of aromatic nitrogens is 5. The van der Waals surface area contributed by atoms with Gasteiger partial charge in [-0.25, -0.2) is 18.7 Å². The van der Waals surface area contributed by atoms with E-state index in [4.69, 9.17) is 0 Å². The highest BCUT2D eigenvalue weighted by Gasteiger charge is 2.33. The average molecular weight is 749 g/mol. The van der Waals surface area contributed by atoms with Crippen molar-refractivity contribution in [3.8, 4) is 23.1 Å². The van der Waals surface area contributed by atoms with E-state index in [-0.39, 0.29) is 17.1 Å². The molecule has 5 rings (SSSR count). The summed E-state index contributed by atoms with van der Waals surface area (Å²) in [7, 11) is 0. The molecule has 0 saturated heterocycles. The first-order valence-corrected chi connectivity index (χ1v) is 13.4. The number of nitrogens with one attached hydrogen (secondary N) is 2. The largest absolute Gasteiger partial charge is 0.494 e. The number of aromatic hydroxyl groups is 2. The topological polar surface area (TPSA) is 163 Å². The molecular formula is C26H17I2N5O6. The van der Waals surface area contributed by atoms with Crippen LogP contribution in [0, 0.1) is 7.14 Å². The van der Waals surface area contributed by atoms with E-state index >= 15 is 0 Å². The Labute approximate surface area is 245 Å². The van der Waals surface area contributed by atoms with E-state index < -0.39 is 51.3 Å². The van der Waals surface area contributed by atoms with Crippen LogP contribution in [0.4, 0.5) is 0 Å². The van der Waals surface area contributed by atoms with Crippen LogP contribution in [0.3, 0.4) is 0 Å². The summed E-state index contributed by atoms with van der Waals surface area (Å²) in [5.41, 5.74) is -4.09. The molecule has 0 spiro atoms. The van der Waals surface area contributed by atoms with E-state index in [1.807, 2.05) is 0 Å². The number of hydrogen-bond acceptors (Lipinski definition) is 7. The molecule has 0 bridgehead atoms. The normalized spacial score (nSPS) is 11.2. The Bertz CT molecular complexity index is 1810. The van der Waals surface area contributed by atoms with Crippen molar-refractivity contribution in [2.75, 3.05) is 0 Å². The van der Waals surface area contributed by atoms with Gasteiger partial charge in [-0.05, 0) is 106 Å². The Balaban J connectivity index is 1.87. The second-order valence-electron chi connectivity index (χ2n) is 8.30. The number of H-pyrrole nitrogens is 2. The molecule has 0 aliphatic carbocycles. The van der Waals surface area contributed by atoms with Crippen LogP contribution in [0.2, 0.25) is 0 Å². The molecule has 0 radical (unpaired) electrons. The minimum atomic E-state index is -1.48. The fourth-order valence-corrected chi connectivity index (χ4v) is 4.96. The van der Waals surface area contributed by atoms with Crippen LogP contribution in [0.1, 0.15) is 22.7 Å². The average Bonchev–Trinajstić information content (AvgIpc) is 2.90. The fourth-order valence-electron chi connectivity index (χ4n) is 4.24. The van der Waals surface area contributed by atoms with Crippen molar-refractivity contribution in [2.24, 2.45) is 0 Å². The Morgan fingerprint density at radius 1 is 0.667 bits per heavy atom. The van der Waals surface area contributed by atoms with Gasteiger partial charge in [0.15, 0.2) is 0 Å². The molecule has 0 atom stereocenters. The minimum absolute atomic E-state index is 0.0970. The van der Waals surface area contributed by atoms with Crippen LogP contribution in [0.25, 0.3) is 11.4 Å². The van der Waals surface area contributed by atoms with Crippen molar-refractivity contribution in [3.63, 3.8) is 0 Å². The van der Waals surface area contributed by atoms with Crippen LogP contribution >= 0.6 is 45.2 Å². The molecule has 0 aliphatic rings. The van der Waals surface area contributed by atoms with Crippen LogP contribution in [0.15, 0.2) is 92.1 Å². The lowest BCUT2D eigenvalue weighted by Crippen LogP contribution is -2.36. The molecule has 2 aromatic carbocycles. The van der Waals surface area contributed by atoms with Crippen LogP contribution in [-0.4, -0.2) is 34.3 Å². The van der Waals surface area contributed by atoms with Gasteiger partial charge in [-0.3, -0.25) is 24.5 Å². The summed E-state index contributed by atoms with van der Waals surface area (Å²) in [5, 5.41) is 22.7. The van der Waals surface area contributed by atoms with E-state index in [1.165, 1.54) is 12.3 Å². The van der Waals surface area contributed by atoms with Crippen LogP contribution in [0.5, 0.6) is 11.8 Å². The molecular weight excluding hydrogens is 732 g/mol. The molecule has 0 aliphatic heterocycles. The fraction of sp³-hybridized carbons (Fsp3) is 0.0385. The van der Waals surface area contributed by atoms with Gasteiger partial charge in [-0.1, -0.05) is 6.07 Å². The molecule has 0 fully saturated rings. The molecule has 0 unspecified atom stereocenters. The van der Waals surface area contributed by atoms with E-state index in [9.17, 15) is 29.4 Å². The number of rotatable bonds is 5. The zero-order valence-electron chi connectivity index (χ0n) is 19.6. The lowest BCUT2D eigenvalue weighted by atomic mass is 9.90. The number of benzene rings is 2. The second kappa shape index (κ2) is 10.6. The van der Waals surface area contributed by atoms with Crippen molar-refractivity contribution < 1.29 is 10.2 Å². The number of aromatic amines is 2. The third kappa shape index (κ3) is 4.94. The summed E-state index contributed by atoms with van der Waals surface area (Å²) < 4.78 is 3.50. The number of nitrogens with zero attached hydrogens (tertiary/aromatic N) is 3. The SMILES string of the molecule is O=c1[nH]c(=O)n(-c2ccc(I)cc2)c(O)c1C(c1ccccn1)c1c(O)n(-c2ccc(I)cc2)c(=O)[nH]c1=O. The van der Waals surface area contributed by atoms with Gasteiger partial charge < -0.3 is 10.2 Å². The highest BCUT2D eigenvalue weighted by molar-refractivity contribution is 14.1. The minimum Gasteiger partial charge on any atom is -0.494 e. The number of hydrogen-bond donors (Lipinski definition) is 4. The van der Waals surface area contributed by atoms with Gasteiger partial charge >= 0.3 is 11.4 Å². The van der Waals surface area contributed by atoms with Gasteiger partial charge in [0.05, 0.1) is 34.1 Å². The quantitative estimate of drug-likeness (QED) is 0.201. The number of pyridine rings is 1. The van der Waals surface area contributed by atoms with Crippen molar-refractivity contribution in [2.45, 2.75) is 5.92 Å². The van der Waals surface area contributed by atoms with Crippen molar-refractivity contribution in [1.82, 2.24) is 24.1 Å². The monoisotopic (exact) mass is 749 g/mol. The summed E-state index contributed by atoms with van der Waals surface area (Å²) in [4.78, 5) is 60.7. The van der Waals surface area contributed by atoms with E-state index in [1.54, 1.807) is 60.7 Å². The summed E-state index contributed by atoms with van der Waals surface area (Å²) >= 11 is 4.16. The number of halogens is 2. The first-order valence-electron chi connectivity index (χ1n) is 11.3. The predicted molar refractivity (Wildman–Crippen MR) is 159 cm³/mol. The summed E-state index contributed by atoms with van der Waals surface area (Å²) in [5.74, 6) is -3.00. The smallest absolute Gasteiger partial charge is 0.335 e. The zero-order chi connectivity index (χ0) is 27.8. The van der Waals surface area contributed by atoms with E-state index in [2.05, 4.69) is 60.1 Å². The Kier molecular flexibility index (Phi) is 7.26. The molecule has 13 heteroatoms. The van der Waals surface area contributed by atoms with E-state index in [0.717, 1.165) is 16.3 Å². The maximum absolute atomic E-state index is 13.2. The molecule has 196 valence electrons. The molecule has 3 heterocycles. The van der Waals surface area contributed by atoms with Crippen molar-refractivity contribution in [1.29, 1.82) is 0 Å². The molecule has 3 aromatic heterocycles. The van der Waals surface area contributed by atoms with Crippen LogP contribution in [-0.2, 0) is 0 Å². The van der Waals surface area contributed by atoms with E-state index in [0.29, 0.717) is 0 Å². The summed E-state index contributed by atoms with van der Waals surface area (Å²) in [6.07, 6.45) is 1.41. The molecule has 39 heavy (non-hydrogen) atoms. The summed E-state index contributed by atoms with van der Waals surface area (Å²) in [6, 6.07) is 17.8. The van der Waals surface area contributed by atoms with Crippen molar-refractivity contribution >= 4 is 45.2 Å². The molecule has 0 saturated carbocycles. The van der Waals surface area contributed by atoms with Gasteiger partial charge in [0, 0.05) is 13.3 Å². The third-order valence-corrected chi connectivity index (χ3v) is 7.41. The lowest BCUT2D eigenvalue weighted by molar-refractivity contribution is 0.411. The molecule has 11 nitrogen and oxygen atoms in total. The Morgan fingerprint density at radius 3 is 1.49 bits per heavy atom. The highest BCUT2D eigenvalue weighted by atomic mass is 127. The van der Waals surface area contributed by atoms with Gasteiger partial charge in [-0.2, -0.15) is 0 Å². The maximum Gasteiger partial charge on any atom is 0.335 e. The third-order valence-electron chi connectivity index (χ3n) is 5.97. The first kappa shape index (κ1) is 26.6. The Morgan fingerprint density at radius 2 is 1.10 bits per heavy atom. The molecule has 0 amide bonds. The predicted octanol–water partition coefficient (Wildman–Crippen LogP) is 2.56.